The summed E-state index contributed by atoms with van der Waals surface area (Å²) in [4.78, 5) is 16.7. The minimum atomic E-state index is -0.978. The van der Waals surface area contributed by atoms with Crippen molar-refractivity contribution in [3.63, 3.8) is 0 Å². The Bertz CT molecular complexity index is 658. The van der Waals surface area contributed by atoms with Crippen molar-refractivity contribution in [1.29, 1.82) is 0 Å². The molecule has 1 N–H and O–H groups in total. The molecule has 0 atom stereocenters. The summed E-state index contributed by atoms with van der Waals surface area (Å²) in [5.41, 5.74) is 0. The summed E-state index contributed by atoms with van der Waals surface area (Å²) in [6.07, 6.45) is 2.18. The van der Waals surface area contributed by atoms with Gasteiger partial charge in [-0.15, -0.1) is 11.3 Å². The lowest BCUT2D eigenvalue weighted by Crippen LogP contribution is -2.01. The number of hydrogen-bond donors (Lipinski definition) is 1. The van der Waals surface area contributed by atoms with E-state index in [1.165, 1.54) is 11.3 Å². The first-order valence-corrected chi connectivity index (χ1v) is 7.68. The quantitative estimate of drug-likeness (QED) is 0.880. The van der Waals surface area contributed by atoms with Crippen LogP contribution in [0, 0.1) is 0 Å². The van der Waals surface area contributed by atoms with Gasteiger partial charge in [-0.2, -0.15) is 4.98 Å². The highest BCUT2D eigenvalue weighted by molar-refractivity contribution is 7.14. The fraction of sp³-hybridized carbons (Fsp3) is 0.500. The molecule has 112 valence electrons. The summed E-state index contributed by atoms with van der Waals surface area (Å²) in [6.45, 7) is 4.15. The van der Waals surface area contributed by atoms with E-state index < -0.39 is 5.97 Å². The van der Waals surface area contributed by atoms with Crippen LogP contribution in [0.2, 0.25) is 0 Å². The van der Waals surface area contributed by atoms with Gasteiger partial charge in [-0.05, 0) is 24.8 Å². The average molecular weight is 308 g/mol. The van der Waals surface area contributed by atoms with Crippen LogP contribution in [-0.4, -0.2) is 21.2 Å². The molecule has 0 bridgehead atoms. The third-order valence-electron chi connectivity index (χ3n) is 3.25. The number of carbonyl (C=O) groups is 1. The Kier molecular flexibility index (Phi) is 3.67. The molecule has 3 rings (SSSR count). The smallest absolute Gasteiger partial charge is 0.349 e. The van der Waals surface area contributed by atoms with Gasteiger partial charge in [0.05, 0.1) is 0 Å². The number of carboxylic acid groups (broad SMARTS) is 1. The highest BCUT2D eigenvalue weighted by Crippen LogP contribution is 2.39. The van der Waals surface area contributed by atoms with E-state index in [0.717, 1.165) is 17.7 Å². The zero-order chi connectivity index (χ0) is 15.0. The Morgan fingerprint density at radius 3 is 2.95 bits per heavy atom. The van der Waals surface area contributed by atoms with Crippen LogP contribution in [0.4, 0.5) is 0 Å². The zero-order valence-electron chi connectivity index (χ0n) is 11.8. The Morgan fingerprint density at radius 2 is 2.33 bits per heavy atom. The minimum absolute atomic E-state index is 0.116. The van der Waals surface area contributed by atoms with Gasteiger partial charge in [0.1, 0.15) is 5.75 Å². The van der Waals surface area contributed by atoms with Gasteiger partial charge in [0.25, 0.3) is 0 Å². The molecule has 6 nitrogen and oxygen atoms in total. The predicted octanol–water partition coefficient (Wildman–Crippen LogP) is 3.41. The second-order valence-electron chi connectivity index (χ2n) is 5.41. The maximum Gasteiger partial charge on any atom is 0.349 e. The van der Waals surface area contributed by atoms with Gasteiger partial charge in [0.15, 0.2) is 11.5 Å². The molecule has 1 aliphatic rings. The van der Waals surface area contributed by atoms with E-state index in [-0.39, 0.29) is 17.4 Å². The topological polar surface area (TPSA) is 85.5 Å². The van der Waals surface area contributed by atoms with Crippen LogP contribution in [0.15, 0.2) is 10.6 Å². The standard InChI is InChI=1S/C14H16N2O4S/c1-7(2)10-5-9(12(21-10)14(17)18)19-6-11-15-13(20-16-11)8-3-4-8/h5,7-8H,3-4,6H2,1-2H3,(H,17,18). The van der Waals surface area contributed by atoms with Crippen molar-refractivity contribution in [2.24, 2.45) is 0 Å². The van der Waals surface area contributed by atoms with Gasteiger partial charge in [-0.1, -0.05) is 19.0 Å². The lowest BCUT2D eigenvalue weighted by atomic mass is 10.2. The van der Waals surface area contributed by atoms with Gasteiger partial charge in [-0.25, -0.2) is 4.79 Å². The number of aromatic carboxylic acids is 1. The summed E-state index contributed by atoms with van der Waals surface area (Å²) in [5, 5.41) is 13.1. The lowest BCUT2D eigenvalue weighted by Gasteiger charge is -2.01. The fourth-order valence-electron chi connectivity index (χ4n) is 1.90. The summed E-state index contributed by atoms with van der Waals surface area (Å²) in [5.74, 6) is 1.15. The van der Waals surface area contributed by atoms with E-state index in [9.17, 15) is 9.90 Å². The number of rotatable bonds is 6. The fourth-order valence-corrected chi connectivity index (χ4v) is 2.84. The molecule has 7 heteroatoms. The number of carboxylic acids is 1. The second-order valence-corrected chi connectivity index (χ2v) is 6.50. The molecule has 0 aliphatic heterocycles. The van der Waals surface area contributed by atoms with Crippen molar-refractivity contribution in [3.8, 4) is 5.75 Å². The molecule has 0 radical (unpaired) electrons. The molecular weight excluding hydrogens is 292 g/mol. The lowest BCUT2D eigenvalue weighted by molar-refractivity contribution is 0.0697. The van der Waals surface area contributed by atoms with Gasteiger partial charge in [0.2, 0.25) is 11.7 Å². The van der Waals surface area contributed by atoms with Gasteiger partial charge in [0, 0.05) is 10.8 Å². The van der Waals surface area contributed by atoms with Crippen LogP contribution in [0.1, 0.15) is 64.8 Å². The molecular formula is C14H16N2O4S. The highest BCUT2D eigenvalue weighted by Gasteiger charge is 2.29. The molecule has 2 heterocycles. The van der Waals surface area contributed by atoms with E-state index in [2.05, 4.69) is 10.1 Å². The first-order chi connectivity index (χ1) is 10.0. The Morgan fingerprint density at radius 1 is 1.57 bits per heavy atom. The SMILES string of the molecule is CC(C)c1cc(OCc2noc(C3CC3)n2)c(C(=O)O)s1. The van der Waals surface area contributed by atoms with Crippen molar-refractivity contribution < 1.29 is 19.2 Å². The van der Waals surface area contributed by atoms with Gasteiger partial charge >= 0.3 is 5.97 Å². The zero-order valence-corrected chi connectivity index (χ0v) is 12.6. The normalized spacial score (nSPS) is 14.6. The first-order valence-electron chi connectivity index (χ1n) is 6.87. The van der Waals surface area contributed by atoms with Crippen molar-refractivity contribution >= 4 is 17.3 Å². The van der Waals surface area contributed by atoms with E-state index in [1.807, 2.05) is 13.8 Å². The number of thiophene rings is 1. The Hall–Kier alpha value is -1.89. The third-order valence-corrected chi connectivity index (χ3v) is 4.65. The molecule has 0 saturated heterocycles. The van der Waals surface area contributed by atoms with Crippen molar-refractivity contribution in [3.05, 3.63) is 27.5 Å². The summed E-state index contributed by atoms with van der Waals surface area (Å²) < 4.78 is 10.7. The monoisotopic (exact) mass is 308 g/mol. The molecule has 0 aromatic carbocycles. The van der Waals surface area contributed by atoms with E-state index in [4.69, 9.17) is 9.26 Å². The number of hydrogen-bond acceptors (Lipinski definition) is 6. The van der Waals surface area contributed by atoms with Crippen molar-refractivity contribution in [2.75, 3.05) is 0 Å². The van der Waals surface area contributed by atoms with Crippen molar-refractivity contribution in [1.82, 2.24) is 10.1 Å². The highest BCUT2D eigenvalue weighted by atomic mass is 32.1. The predicted molar refractivity (Wildman–Crippen MR) is 76.0 cm³/mol. The van der Waals surface area contributed by atoms with Crippen LogP contribution in [0.25, 0.3) is 0 Å². The molecule has 0 amide bonds. The molecule has 2 aromatic rings. The van der Waals surface area contributed by atoms with E-state index in [1.54, 1.807) is 6.07 Å². The minimum Gasteiger partial charge on any atom is -0.484 e. The first kappa shape index (κ1) is 14.1. The Balaban J connectivity index is 1.72. The molecule has 21 heavy (non-hydrogen) atoms. The van der Waals surface area contributed by atoms with Crippen LogP contribution < -0.4 is 4.74 Å². The summed E-state index contributed by atoms with van der Waals surface area (Å²) in [7, 11) is 0. The molecule has 2 aromatic heterocycles. The van der Waals surface area contributed by atoms with Crippen molar-refractivity contribution in [2.45, 2.75) is 45.1 Å². The van der Waals surface area contributed by atoms with Crippen LogP contribution in [-0.2, 0) is 6.61 Å². The second kappa shape index (κ2) is 5.48. The largest absolute Gasteiger partial charge is 0.484 e. The van der Waals surface area contributed by atoms with Crippen LogP contribution >= 0.6 is 11.3 Å². The van der Waals surface area contributed by atoms with Gasteiger partial charge in [-0.3, -0.25) is 0 Å². The average Bonchev–Trinajstić information content (AvgIpc) is 3.02. The molecule has 1 fully saturated rings. The molecule has 0 unspecified atom stereocenters. The molecule has 0 spiro atoms. The van der Waals surface area contributed by atoms with Crippen LogP contribution in [0.5, 0.6) is 5.75 Å². The maximum absolute atomic E-state index is 11.3. The molecule has 1 saturated carbocycles. The van der Waals surface area contributed by atoms with Crippen LogP contribution in [0.3, 0.4) is 0 Å². The maximum atomic E-state index is 11.3. The Labute approximate surface area is 125 Å². The summed E-state index contributed by atoms with van der Waals surface area (Å²) in [6, 6.07) is 1.78. The summed E-state index contributed by atoms with van der Waals surface area (Å²) >= 11 is 1.24. The van der Waals surface area contributed by atoms with E-state index in [0.29, 0.717) is 23.4 Å². The molecule has 1 aliphatic carbocycles. The number of aromatic nitrogens is 2. The number of ether oxygens (including phenoxy) is 1. The number of nitrogens with zero attached hydrogens (tertiary/aromatic N) is 2. The van der Waals surface area contributed by atoms with E-state index >= 15 is 0 Å². The third kappa shape index (κ3) is 3.07. The van der Waals surface area contributed by atoms with Gasteiger partial charge < -0.3 is 14.4 Å².